The van der Waals surface area contributed by atoms with E-state index in [4.69, 9.17) is 0 Å². The quantitative estimate of drug-likeness (QED) is 0.314. The fraction of sp³-hybridized carbons (Fsp3) is 0.231. The smallest absolute Gasteiger partial charge is 0.258 e. The highest BCUT2D eigenvalue weighted by atomic mass is 19.1. The summed E-state index contributed by atoms with van der Waals surface area (Å²) >= 11 is 0. The lowest BCUT2D eigenvalue weighted by Gasteiger charge is -2.25. The number of halogens is 3. The summed E-state index contributed by atoms with van der Waals surface area (Å²) in [6, 6.07) is 13.0. The van der Waals surface area contributed by atoms with E-state index < -0.39 is 23.4 Å². The van der Waals surface area contributed by atoms with Crippen molar-refractivity contribution < 1.29 is 18.0 Å². The number of rotatable bonds is 6. The van der Waals surface area contributed by atoms with Crippen LogP contribution in [-0.4, -0.2) is 35.2 Å². The van der Waals surface area contributed by atoms with Gasteiger partial charge in [-0.25, -0.2) is 13.2 Å². The number of aromatic amines is 1. The third kappa shape index (κ3) is 5.30. The predicted molar refractivity (Wildman–Crippen MR) is 129 cm³/mol. The molecule has 1 amide bonds. The summed E-state index contributed by atoms with van der Waals surface area (Å²) in [6.45, 7) is 1.72. The zero-order valence-electron chi connectivity index (χ0n) is 18.8. The minimum atomic E-state index is -0.634. The Labute approximate surface area is 199 Å². The number of hydrogen-bond acceptors (Lipinski definition) is 4. The molecule has 3 aromatic carbocycles. The standard InChI is InChI=1S/C26H24F3N5O/c27-17-2-3-21(24(14-17)31-20-5-7-30-8-6-20)26(35)32-25-22-12-15(1-4-23(22)33-34-25)9-16-10-18(28)13-19(29)11-16/h1-4,10-14,20,30-31H,5-9H2,(H2,32,33,34,35). The summed E-state index contributed by atoms with van der Waals surface area (Å²) in [5.41, 5.74) is 2.74. The average molecular weight is 480 g/mol. The minimum Gasteiger partial charge on any atom is -0.381 e. The topological polar surface area (TPSA) is 81.8 Å². The number of anilines is 2. The lowest BCUT2D eigenvalue weighted by molar-refractivity contribution is 0.102. The van der Waals surface area contributed by atoms with Gasteiger partial charge in [-0.3, -0.25) is 9.89 Å². The van der Waals surface area contributed by atoms with Gasteiger partial charge in [-0.15, -0.1) is 0 Å². The molecule has 1 saturated heterocycles. The van der Waals surface area contributed by atoms with Gasteiger partial charge in [0.15, 0.2) is 5.82 Å². The lowest BCUT2D eigenvalue weighted by Crippen LogP contribution is -2.35. The van der Waals surface area contributed by atoms with Crippen molar-refractivity contribution in [3.63, 3.8) is 0 Å². The zero-order valence-corrected chi connectivity index (χ0v) is 18.8. The van der Waals surface area contributed by atoms with Gasteiger partial charge in [0, 0.05) is 17.5 Å². The highest BCUT2D eigenvalue weighted by molar-refractivity contribution is 6.10. The number of fused-ring (bicyclic) bond motifs is 1. The van der Waals surface area contributed by atoms with Crippen molar-refractivity contribution in [2.45, 2.75) is 25.3 Å². The summed E-state index contributed by atoms with van der Waals surface area (Å²) in [4.78, 5) is 13.2. The van der Waals surface area contributed by atoms with Gasteiger partial charge in [0.05, 0.1) is 16.8 Å². The van der Waals surface area contributed by atoms with Crippen LogP contribution in [0.25, 0.3) is 10.9 Å². The Bertz CT molecular complexity index is 1360. The van der Waals surface area contributed by atoms with Gasteiger partial charge < -0.3 is 16.0 Å². The fourth-order valence-corrected chi connectivity index (χ4v) is 4.41. The molecule has 4 N–H and O–H groups in total. The Balaban J connectivity index is 1.38. The number of nitrogens with zero attached hydrogens (tertiary/aromatic N) is 1. The molecular weight excluding hydrogens is 455 g/mol. The van der Waals surface area contributed by atoms with Gasteiger partial charge in [0.25, 0.3) is 5.91 Å². The van der Waals surface area contributed by atoms with Crippen LogP contribution in [0.1, 0.15) is 34.3 Å². The number of carbonyl (C=O) groups is 1. The van der Waals surface area contributed by atoms with E-state index in [1.54, 1.807) is 6.07 Å². The van der Waals surface area contributed by atoms with E-state index in [2.05, 4.69) is 26.1 Å². The summed E-state index contributed by atoms with van der Waals surface area (Å²) in [7, 11) is 0. The average Bonchev–Trinajstić information content (AvgIpc) is 3.21. The minimum absolute atomic E-state index is 0.144. The second-order valence-corrected chi connectivity index (χ2v) is 8.72. The van der Waals surface area contributed by atoms with Gasteiger partial charge in [-0.1, -0.05) is 6.07 Å². The number of amides is 1. The molecule has 0 atom stereocenters. The van der Waals surface area contributed by atoms with Gasteiger partial charge >= 0.3 is 0 Å². The molecule has 1 aliphatic rings. The van der Waals surface area contributed by atoms with Gasteiger partial charge in [0.1, 0.15) is 17.5 Å². The molecule has 1 fully saturated rings. The van der Waals surface area contributed by atoms with Crippen molar-refractivity contribution >= 4 is 28.3 Å². The van der Waals surface area contributed by atoms with Crippen LogP contribution in [0.4, 0.5) is 24.7 Å². The second kappa shape index (κ2) is 9.79. The Morgan fingerprint density at radius 3 is 2.46 bits per heavy atom. The van der Waals surface area contributed by atoms with Crippen molar-refractivity contribution in [2.75, 3.05) is 23.7 Å². The Morgan fingerprint density at radius 1 is 0.914 bits per heavy atom. The van der Waals surface area contributed by atoms with E-state index in [0.29, 0.717) is 40.0 Å². The molecule has 1 aromatic heterocycles. The number of aromatic nitrogens is 2. The van der Waals surface area contributed by atoms with E-state index >= 15 is 0 Å². The Morgan fingerprint density at radius 2 is 1.69 bits per heavy atom. The molecule has 180 valence electrons. The number of piperidine rings is 1. The molecule has 9 heteroatoms. The number of H-pyrrole nitrogens is 1. The van der Waals surface area contributed by atoms with Crippen molar-refractivity contribution in [3.05, 3.63) is 88.7 Å². The number of hydrogen-bond donors (Lipinski definition) is 4. The number of benzene rings is 3. The summed E-state index contributed by atoms with van der Waals surface area (Å²) < 4.78 is 41.1. The Kier molecular flexibility index (Phi) is 6.41. The van der Waals surface area contributed by atoms with Gasteiger partial charge in [-0.05, 0) is 85.9 Å². The van der Waals surface area contributed by atoms with Crippen LogP contribution in [0, 0.1) is 17.5 Å². The molecule has 35 heavy (non-hydrogen) atoms. The van der Waals surface area contributed by atoms with E-state index in [0.717, 1.165) is 37.6 Å². The monoisotopic (exact) mass is 479 g/mol. The predicted octanol–water partition coefficient (Wildman–Crippen LogP) is 4.99. The van der Waals surface area contributed by atoms with Crippen molar-refractivity contribution in [3.8, 4) is 0 Å². The van der Waals surface area contributed by atoms with Crippen LogP contribution in [-0.2, 0) is 6.42 Å². The van der Waals surface area contributed by atoms with Crippen LogP contribution in [0.15, 0.2) is 54.6 Å². The van der Waals surface area contributed by atoms with E-state index in [1.165, 1.54) is 30.3 Å². The first-order valence-corrected chi connectivity index (χ1v) is 11.4. The third-order valence-corrected chi connectivity index (χ3v) is 6.11. The Hall–Kier alpha value is -3.85. The first kappa shape index (κ1) is 22.9. The third-order valence-electron chi connectivity index (χ3n) is 6.11. The molecular formula is C26H24F3N5O. The van der Waals surface area contributed by atoms with Crippen LogP contribution in [0.2, 0.25) is 0 Å². The van der Waals surface area contributed by atoms with E-state index in [1.807, 2.05) is 12.1 Å². The maximum atomic E-state index is 14.0. The molecule has 1 aliphatic heterocycles. The SMILES string of the molecule is O=C(Nc1n[nH]c2ccc(Cc3cc(F)cc(F)c3)cc12)c1ccc(F)cc1NC1CCNCC1. The van der Waals surface area contributed by atoms with Gasteiger partial charge in [0.2, 0.25) is 0 Å². The molecule has 5 rings (SSSR count). The molecule has 0 spiro atoms. The van der Waals surface area contributed by atoms with Crippen molar-refractivity contribution in [1.29, 1.82) is 0 Å². The number of carbonyl (C=O) groups excluding carboxylic acids is 1. The molecule has 4 aromatic rings. The molecule has 6 nitrogen and oxygen atoms in total. The van der Waals surface area contributed by atoms with Crippen molar-refractivity contribution in [2.24, 2.45) is 0 Å². The largest absolute Gasteiger partial charge is 0.381 e. The summed E-state index contributed by atoms with van der Waals surface area (Å²) in [5.74, 6) is -1.81. The molecule has 2 heterocycles. The molecule has 0 unspecified atom stereocenters. The second-order valence-electron chi connectivity index (χ2n) is 8.72. The molecule has 0 radical (unpaired) electrons. The van der Waals surface area contributed by atoms with E-state index in [9.17, 15) is 18.0 Å². The molecule has 0 aliphatic carbocycles. The summed E-state index contributed by atoms with van der Waals surface area (Å²) in [5, 5.41) is 17.1. The molecule has 0 saturated carbocycles. The highest BCUT2D eigenvalue weighted by Crippen LogP contribution is 2.26. The highest BCUT2D eigenvalue weighted by Gasteiger charge is 2.19. The maximum absolute atomic E-state index is 14.0. The van der Waals surface area contributed by atoms with Crippen LogP contribution in [0.3, 0.4) is 0 Å². The first-order valence-electron chi connectivity index (χ1n) is 11.4. The summed E-state index contributed by atoms with van der Waals surface area (Å²) in [6.07, 6.45) is 2.06. The maximum Gasteiger partial charge on any atom is 0.258 e. The molecule has 0 bridgehead atoms. The fourth-order valence-electron chi connectivity index (χ4n) is 4.41. The van der Waals surface area contributed by atoms with Crippen LogP contribution >= 0.6 is 0 Å². The first-order chi connectivity index (χ1) is 16.9. The van der Waals surface area contributed by atoms with E-state index in [-0.39, 0.29) is 6.04 Å². The van der Waals surface area contributed by atoms with Crippen molar-refractivity contribution in [1.82, 2.24) is 15.5 Å². The van der Waals surface area contributed by atoms with Gasteiger partial charge in [-0.2, -0.15) is 5.10 Å². The lowest BCUT2D eigenvalue weighted by atomic mass is 10.0. The zero-order chi connectivity index (χ0) is 24.4. The van der Waals surface area contributed by atoms with Crippen LogP contribution < -0.4 is 16.0 Å². The normalized spacial score (nSPS) is 14.3. The van der Waals surface area contributed by atoms with Crippen LogP contribution in [0.5, 0.6) is 0 Å². The number of nitrogens with one attached hydrogen (secondary N) is 4.